The number of nitrogens with zero attached hydrogens (tertiary/aromatic N) is 2. The molecule has 1 unspecified atom stereocenters. The maximum Gasteiger partial charge on any atom is 0.196 e. The molecular weight excluding hydrogens is 178 g/mol. The number of hydrogen-bond acceptors (Lipinski definition) is 5. The summed E-state index contributed by atoms with van der Waals surface area (Å²) in [4.78, 5) is 6.35. The topological polar surface area (TPSA) is 79.7 Å². The first-order valence-electron chi connectivity index (χ1n) is 4.96. The fourth-order valence-corrected chi connectivity index (χ4v) is 1.89. The van der Waals surface area contributed by atoms with Crippen LogP contribution in [-0.4, -0.2) is 29.6 Å². The molecule has 0 radical (unpaired) electrons. The minimum absolute atomic E-state index is 0.402. The summed E-state index contributed by atoms with van der Waals surface area (Å²) in [6.45, 7) is 3.99. The molecule has 5 N–H and O–H groups in total. The minimum Gasteiger partial charge on any atom is -0.370 e. The quantitative estimate of drug-likeness (QED) is 0.528. The number of nitrogens with one attached hydrogen (secondary N) is 1. The van der Waals surface area contributed by atoms with Crippen molar-refractivity contribution < 1.29 is 0 Å². The number of hydrogen-bond donors (Lipinski definition) is 3. The highest BCUT2D eigenvalue weighted by Crippen LogP contribution is 2.18. The number of rotatable bonds is 1. The molecule has 2 aliphatic heterocycles. The molecule has 1 fully saturated rings. The van der Waals surface area contributed by atoms with E-state index in [9.17, 15) is 0 Å². The van der Waals surface area contributed by atoms with E-state index in [-0.39, 0.29) is 0 Å². The van der Waals surface area contributed by atoms with Gasteiger partial charge in [0.1, 0.15) is 11.5 Å². The van der Waals surface area contributed by atoms with Gasteiger partial charge in [-0.2, -0.15) is 0 Å². The first-order chi connectivity index (χ1) is 6.57. The summed E-state index contributed by atoms with van der Waals surface area (Å²) in [5, 5.41) is 3.05. The van der Waals surface area contributed by atoms with Crippen LogP contribution in [0.3, 0.4) is 0 Å². The average molecular weight is 195 g/mol. The molecule has 0 aliphatic carbocycles. The van der Waals surface area contributed by atoms with Crippen LogP contribution in [0.25, 0.3) is 0 Å². The summed E-state index contributed by atoms with van der Waals surface area (Å²) in [7, 11) is 0. The molecule has 2 heterocycles. The molecule has 5 heteroatoms. The molecule has 1 saturated heterocycles. The summed E-state index contributed by atoms with van der Waals surface area (Å²) in [5.74, 6) is 1.40. The molecule has 1 atom stereocenters. The van der Waals surface area contributed by atoms with Gasteiger partial charge in [0, 0.05) is 13.1 Å². The van der Waals surface area contributed by atoms with Gasteiger partial charge >= 0.3 is 0 Å². The van der Waals surface area contributed by atoms with Crippen LogP contribution >= 0.6 is 0 Å². The Morgan fingerprint density at radius 2 is 2.14 bits per heavy atom. The van der Waals surface area contributed by atoms with Crippen molar-refractivity contribution in [2.24, 2.45) is 16.5 Å². The maximum absolute atomic E-state index is 5.92. The van der Waals surface area contributed by atoms with Gasteiger partial charge in [-0.15, -0.1) is 0 Å². The highest BCUT2D eigenvalue weighted by molar-refractivity contribution is 5.81. The second-order valence-electron chi connectivity index (χ2n) is 4.07. The Hall–Kier alpha value is -1.23. The fourth-order valence-electron chi connectivity index (χ4n) is 1.89. The van der Waals surface area contributed by atoms with Crippen molar-refractivity contribution in [3.05, 3.63) is 11.9 Å². The van der Waals surface area contributed by atoms with Gasteiger partial charge in [-0.05, 0) is 25.8 Å². The van der Waals surface area contributed by atoms with Crippen molar-refractivity contribution in [2.75, 3.05) is 13.1 Å². The molecule has 0 aromatic carbocycles. The maximum atomic E-state index is 5.92. The van der Waals surface area contributed by atoms with E-state index >= 15 is 0 Å². The van der Waals surface area contributed by atoms with E-state index in [0.29, 0.717) is 5.96 Å². The van der Waals surface area contributed by atoms with Crippen molar-refractivity contribution in [2.45, 2.75) is 25.4 Å². The summed E-state index contributed by atoms with van der Waals surface area (Å²) in [5.41, 5.74) is 10.9. The number of guanidine groups is 1. The number of aliphatic imine (C=N–C) groups is 1. The molecule has 2 rings (SSSR count). The van der Waals surface area contributed by atoms with Crippen molar-refractivity contribution in [1.29, 1.82) is 0 Å². The Balaban J connectivity index is 2.16. The van der Waals surface area contributed by atoms with Gasteiger partial charge < -0.3 is 21.7 Å². The SMILES string of the molecule is CC1(N)C=C(N2CCCC2)NC(N)=N1. The lowest BCUT2D eigenvalue weighted by Gasteiger charge is -2.30. The minimum atomic E-state index is -0.673. The third kappa shape index (κ3) is 1.82. The highest BCUT2D eigenvalue weighted by atomic mass is 15.3. The molecule has 5 nitrogen and oxygen atoms in total. The van der Waals surface area contributed by atoms with Crippen molar-refractivity contribution in [1.82, 2.24) is 10.2 Å². The third-order valence-electron chi connectivity index (χ3n) is 2.49. The molecule has 0 aromatic rings. The normalized spacial score (nSPS) is 32.3. The van der Waals surface area contributed by atoms with E-state index < -0.39 is 5.66 Å². The smallest absolute Gasteiger partial charge is 0.196 e. The van der Waals surface area contributed by atoms with Crippen molar-refractivity contribution >= 4 is 5.96 Å². The Morgan fingerprint density at radius 3 is 2.71 bits per heavy atom. The Morgan fingerprint density at radius 1 is 1.50 bits per heavy atom. The van der Waals surface area contributed by atoms with Crippen LogP contribution in [0.5, 0.6) is 0 Å². The monoisotopic (exact) mass is 195 g/mol. The second kappa shape index (κ2) is 3.16. The lowest BCUT2D eigenvalue weighted by Crippen LogP contribution is -2.48. The van der Waals surface area contributed by atoms with E-state index in [4.69, 9.17) is 11.5 Å². The molecule has 0 saturated carbocycles. The van der Waals surface area contributed by atoms with E-state index in [0.717, 1.165) is 18.9 Å². The van der Waals surface area contributed by atoms with E-state index in [1.54, 1.807) is 0 Å². The molecule has 0 aromatic heterocycles. The zero-order valence-electron chi connectivity index (χ0n) is 8.45. The van der Waals surface area contributed by atoms with Crippen molar-refractivity contribution in [3.63, 3.8) is 0 Å². The molecule has 0 bridgehead atoms. The summed E-state index contributed by atoms with van der Waals surface area (Å²) >= 11 is 0. The Labute approximate surface area is 83.8 Å². The molecular formula is C9H17N5. The lowest BCUT2D eigenvalue weighted by molar-refractivity contribution is 0.392. The molecule has 2 aliphatic rings. The number of likely N-dealkylation sites (tertiary alicyclic amines) is 1. The van der Waals surface area contributed by atoms with Gasteiger partial charge in [0.2, 0.25) is 0 Å². The highest BCUT2D eigenvalue weighted by Gasteiger charge is 2.24. The second-order valence-corrected chi connectivity index (χ2v) is 4.07. The van der Waals surface area contributed by atoms with Crippen LogP contribution in [0.15, 0.2) is 16.9 Å². The van der Waals surface area contributed by atoms with Crippen LogP contribution in [0, 0.1) is 0 Å². The standard InChI is InChI=1S/C9H17N5/c1-9(11)6-7(12-8(10)13-9)14-4-2-3-5-14/h6H,2-5,11H2,1H3,(H3,10,12,13). The third-order valence-corrected chi connectivity index (χ3v) is 2.49. The van der Waals surface area contributed by atoms with Crippen LogP contribution in [0.1, 0.15) is 19.8 Å². The van der Waals surface area contributed by atoms with Crippen LogP contribution < -0.4 is 16.8 Å². The molecule has 78 valence electrons. The van der Waals surface area contributed by atoms with Crippen molar-refractivity contribution in [3.8, 4) is 0 Å². The Kier molecular flexibility index (Phi) is 2.11. The lowest BCUT2D eigenvalue weighted by atomic mass is 10.2. The number of nitrogens with two attached hydrogens (primary N) is 2. The predicted molar refractivity (Wildman–Crippen MR) is 56.2 cm³/mol. The van der Waals surface area contributed by atoms with Crippen LogP contribution in [-0.2, 0) is 0 Å². The van der Waals surface area contributed by atoms with Crippen LogP contribution in [0.2, 0.25) is 0 Å². The summed E-state index contributed by atoms with van der Waals surface area (Å²) in [6.07, 6.45) is 4.39. The first-order valence-corrected chi connectivity index (χ1v) is 4.96. The van der Waals surface area contributed by atoms with Gasteiger partial charge in [-0.1, -0.05) is 0 Å². The molecule has 0 spiro atoms. The average Bonchev–Trinajstić information content (AvgIpc) is 2.51. The largest absolute Gasteiger partial charge is 0.370 e. The van der Waals surface area contributed by atoms with E-state index in [2.05, 4.69) is 15.2 Å². The summed E-state index contributed by atoms with van der Waals surface area (Å²) < 4.78 is 0. The fraction of sp³-hybridized carbons (Fsp3) is 0.667. The van der Waals surface area contributed by atoms with Gasteiger partial charge in [-0.25, -0.2) is 4.99 Å². The van der Waals surface area contributed by atoms with Gasteiger partial charge in [0.25, 0.3) is 0 Å². The zero-order valence-corrected chi connectivity index (χ0v) is 8.45. The predicted octanol–water partition coefficient (Wildman–Crippen LogP) is -0.484. The summed E-state index contributed by atoms with van der Waals surface area (Å²) in [6, 6.07) is 0. The van der Waals surface area contributed by atoms with Gasteiger partial charge in [-0.3, -0.25) is 0 Å². The first kappa shape index (κ1) is 9.33. The molecule has 0 amide bonds. The van der Waals surface area contributed by atoms with Gasteiger partial charge in [0.05, 0.1) is 0 Å². The van der Waals surface area contributed by atoms with Gasteiger partial charge in [0.15, 0.2) is 5.96 Å². The zero-order chi connectivity index (χ0) is 10.2. The molecule has 14 heavy (non-hydrogen) atoms. The van der Waals surface area contributed by atoms with E-state index in [1.807, 2.05) is 13.0 Å². The van der Waals surface area contributed by atoms with Crippen LogP contribution in [0.4, 0.5) is 0 Å². The Bertz CT molecular complexity index is 286. The van der Waals surface area contributed by atoms with E-state index in [1.165, 1.54) is 12.8 Å².